The minimum atomic E-state index is -0.409. The van der Waals surface area contributed by atoms with Gasteiger partial charge in [-0.25, -0.2) is 0 Å². The van der Waals surface area contributed by atoms with Crippen LogP contribution in [0.3, 0.4) is 0 Å². The Morgan fingerprint density at radius 1 is 1.56 bits per heavy atom. The predicted molar refractivity (Wildman–Crippen MR) is 70.8 cm³/mol. The highest BCUT2D eigenvalue weighted by molar-refractivity contribution is 5.43. The zero-order chi connectivity index (χ0) is 13.5. The van der Waals surface area contributed by atoms with Crippen molar-refractivity contribution in [3.05, 3.63) is 46.0 Å². The van der Waals surface area contributed by atoms with E-state index in [0.29, 0.717) is 18.9 Å². The second-order valence-corrected chi connectivity index (χ2v) is 3.97. The van der Waals surface area contributed by atoms with Gasteiger partial charge in [0.1, 0.15) is 12.4 Å². The van der Waals surface area contributed by atoms with Crippen molar-refractivity contribution in [1.82, 2.24) is 5.32 Å². The van der Waals surface area contributed by atoms with Gasteiger partial charge in [0.05, 0.1) is 4.92 Å². The van der Waals surface area contributed by atoms with E-state index in [1.807, 2.05) is 6.92 Å². The number of non-ortho nitro benzene ring substituents is 1. The zero-order valence-electron chi connectivity index (χ0n) is 10.7. The second-order valence-electron chi connectivity index (χ2n) is 3.97. The number of hydrogen-bond donors (Lipinski definition) is 1. The lowest BCUT2D eigenvalue weighted by Gasteiger charge is -2.11. The lowest BCUT2D eigenvalue weighted by molar-refractivity contribution is -0.384. The van der Waals surface area contributed by atoms with E-state index in [-0.39, 0.29) is 5.69 Å². The van der Waals surface area contributed by atoms with Gasteiger partial charge < -0.3 is 10.1 Å². The van der Waals surface area contributed by atoms with Crippen LogP contribution in [0, 0.1) is 10.1 Å². The molecule has 0 aliphatic carbocycles. The molecule has 0 unspecified atom stereocenters. The van der Waals surface area contributed by atoms with Gasteiger partial charge in [-0.3, -0.25) is 10.1 Å². The van der Waals surface area contributed by atoms with Crippen LogP contribution < -0.4 is 10.1 Å². The van der Waals surface area contributed by atoms with Gasteiger partial charge in [-0.2, -0.15) is 0 Å². The van der Waals surface area contributed by atoms with Gasteiger partial charge in [-0.15, -0.1) is 0 Å². The summed E-state index contributed by atoms with van der Waals surface area (Å²) in [5.74, 6) is 0.657. The molecule has 5 nitrogen and oxygen atoms in total. The van der Waals surface area contributed by atoms with Gasteiger partial charge in [0.15, 0.2) is 0 Å². The minimum absolute atomic E-state index is 0.0712. The molecule has 0 radical (unpaired) electrons. The van der Waals surface area contributed by atoms with Crippen molar-refractivity contribution in [1.29, 1.82) is 0 Å². The monoisotopic (exact) mass is 250 g/mol. The van der Waals surface area contributed by atoms with Crippen LogP contribution in [-0.2, 0) is 6.54 Å². The van der Waals surface area contributed by atoms with Gasteiger partial charge in [-0.1, -0.05) is 13.5 Å². The van der Waals surface area contributed by atoms with Crippen molar-refractivity contribution >= 4 is 5.69 Å². The number of nitrogens with one attached hydrogen (secondary N) is 1. The van der Waals surface area contributed by atoms with Gasteiger partial charge in [0.25, 0.3) is 5.69 Å². The molecular formula is C13H18N2O3. The molecule has 1 N–H and O–H groups in total. The Balaban J connectivity index is 2.89. The standard InChI is InChI=1S/C13H18N2O3/c1-4-10(2)9-18-13-6-5-12(15(16)17)7-11(13)8-14-3/h5-7,14H,2,4,8-9H2,1,3H3. The first-order valence-electron chi connectivity index (χ1n) is 5.79. The number of benzene rings is 1. The smallest absolute Gasteiger partial charge is 0.270 e. The van der Waals surface area contributed by atoms with Crippen molar-refractivity contribution in [2.24, 2.45) is 0 Å². The third-order valence-electron chi connectivity index (χ3n) is 2.55. The van der Waals surface area contributed by atoms with Crippen LogP contribution in [-0.4, -0.2) is 18.6 Å². The Kier molecular flexibility index (Phi) is 5.32. The predicted octanol–water partition coefficient (Wildman–Crippen LogP) is 2.66. The van der Waals surface area contributed by atoms with E-state index in [0.717, 1.165) is 17.6 Å². The highest BCUT2D eigenvalue weighted by Gasteiger charge is 2.11. The maximum absolute atomic E-state index is 10.7. The molecule has 0 saturated heterocycles. The quantitative estimate of drug-likeness (QED) is 0.459. The van der Waals surface area contributed by atoms with Gasteiger partial charge in [0, 0.05) is 24.2 Å². The number of nitro groups is 1. The molecule has 18 heavy (non-hydrogen) atoms. The summed E-state index contributed by atoms with van der Waals surface area (Å²) in [5.41, 5.74) is 1.83. The highest BCUT2D eigenvalue weighted by atomic mass is 16.6. The fourth-order valence-corrected chi connectivity index (χ4v) is 1.43. The van der Waals surface area contributed by atoms with E-state index in [4.69, 9.17) is 4.74 Å². The molecule has 0 fully saturated rings. The Labute approximate surface area is 107 Å². The molecule has 1 aromatic rings. The number of ether oxygens (including phenoxy) is 1. The van der Waals surface area contributed by atoms with Crippen molar-refractivity contribution < 1.29 is 9.66 Å². The van der Waals surface area contributed by atoms with Crippen LogP contribution in [0.15, 0.2) is 30.4 Å². The average Bonchev–Trinajstić information content (AvgIpc) is 2.36. The fourth-order valence-electron chi connectivity index (χ4n) is 1.43. The molecule has 0 saturated carbocycles. The van der Waals surface area contributed by atoms with Gasteiger partial charge >= 0.3 is 0 Å². The number of nitro benzene ring substituents is 1. The fraction of sp³-hybridized carbons (Fsp3) is 0.385. The topological polar surface area (TPSA) is 64.4 Å². The largest absolute Gasteiger partial charge is 0.489 e. The van der Waals surface area contributed by atoms with Crippen LogP contribution in [0.4, 0.5) is 5.69 Å². The maximum Gasteiger partial charge on any atom is 0.270 e. The third-order valence-corrected chi connectivity index (χ3v) is 2.55. The molecule has 1 rings (SSSR count). The average molecular weight is 250 g/mol. The third kappa shape index (κ3) is 3.85. The molecule has 5 heteroatoms. The Hall–Kier alpha value is -1.88. The van der Waals surface area contributed by atoms with E-state index in [9.17, 15) is 10.1 Å². The molecule has 0 aliphatic heterocycles. The number of hydrogen-bond acceptors (Lipinski definition) is 4. The Morgan fingerprint density at radius 2 is 2.28 bits per heavy atom. The van der Waals surface area contributed by atoms with Crippen LogP contribution >= 0.6 is 0 Å². The van der Waals surface area contributed by atoms with Crippen LogP contribution in [0.25, 0.3) is 0 Å². The summed E-state index contributed by atoms with van der Waals surface area (Å²) in [6.07, 6.45) is 0.855. The summed E-state index contributed by atoms with van der Waals surface area (Å²) in [7, 11) is 1.79. The van der Waals surface area contributed by atoms with Crippen molar-refractivity contribution in [3.63, 3.8) is 0 Å². The van der Waals surface area contributed by atoms with Crippen LogP contribution in [0.1, 0.15) is 18.9 Å². The molecule has 98 valence electrons. The van der Waals surface area contributed by atoms with E-state index < -0.39 is 4.92 Å². The number of nitrogens with zero attached hydrogens (tertiary/aromatic N) is 1. The summed E-state index contributed by atoms with van der Waals surface area (Å²) < 4.78 is 5.61. The van der Waals surface area contributed by atoms with Gasteiger partial charge in [-0.05, 0) is 25.1 Å². The molecule has 0 aliphatic rings. The zero-order valence-corrected chi connectivity index (χ0v) is 10.7. The summed E-state index contributed by atoms with van der Waals surface area (Å²) in [6.45, 7) is 6.83. The summed E-state index contributed by atoms with van der Waals surface area (Å²) >= 11 is 0. The second kappa shape index (κ2) is 6.76. The first-order chi connectivity index (χ1) is 8.58. The van der Waals surface area contributed by atoms with E-state index >= 15 is 0 Å². The molecular weight excluding hydrogens is 232 g/mol. The van der Waals surface area contributed by atoms with Crippen molar-refractivity contribution in [2.75, 3.05) is 13.7 Å². The number of rotatable bonds is 7. The molecule has 0 amide bonds. The lowest BCUT2D eigenvalue weighted by Crippen LogP contribution is -2.09. The lowest BCUT2D eigenvalue weighted by atomic mass is 10.1. The van der Waals surface area contributed by atoms with Crippen LogP contribution in [0.2, 0.25) is 0 Å². The van der Waals surface area contributed by atoms with E-state index in [1.54, 1.807) is 13.1 Å². The molecule has 1 aromatic carbocycles. The Morgan fingerprint density at radius 3 is 2.83 bits per heavy atom. The van der Waals surface area contributed by atoms with E-state index in [2.05, 4.69) is 11.9 Å². The maximum atomic E-state index is 10.7. The highest BCUT2D eigenvalue weighted by Crippen LogP contribution is 2.24. The molecule has 0 spiro atoms. The SMILES string of the molecule is C=C(CC)COc1ccc([N+](=O)[O-])cc1CNC. The first kappa shape index (κ1) is 14.2. The molecule has 0 bridgehead atoms. The normalized spacial score (nSPS) is 10.1. The summed E-state index contributed by atoms with van der Waals surface area (Å²) in [4.78, 5) is 10.3. The summed E-state index contributed by atoms with van der Waals surface area (Å²) in [6, 6.07) is 4.61. The molecule has 0 aromatic heterocycles. The van der Waals surface area contributed by atoms with Crippen LogP contribution in [0.5, 0.6) is 5.75 Å². The summed E-state index contributed by atoms with van der Waals surface area (Å²) in [5, 5.41) is 13.7. The van der Waals surface area contributed by atoms with Crippen molar-refractivity contribution in [2.45, 2.75) is 19.9 Å². The van der Waals surface area contributed by atoms with Gasteiger partial charge in [0.2, 0.25) is 0 Å². The van der Waals surface area contributed by atoms with E-state index in [1.165, 1.54) is 12.1 Å². The molecule has 0 heterocycles. The van der Waals surface area contributed by atoms with Crippen molar-refractivity contribution in [3.8, 4) is 5.75 Å². The molecule has 0 atom stereocenters. The minimum Gasteiger partial charge on any atom is -0.489 e. The Bertz CT molecular complexity index is 444. The first-order valence-corrected chi connectivity index (χ1v) is 5.79.